The fourth-order valence-electron chi connectivity index (χ4n) is 3.81. The lowest BCUT2D eigenvalue weighted by molar-refractivity contribution is -0.135. The summed E-state index contributed by atoms with van der Waals surface area (Å²) in [6.07, 6.45) is 2.60. The number of carbonyl (C=O) groups is 1. The van der Waals surface area contributed by atoms with E-state index in [0.29, 0.717) is 37.9 Å². The summed E-state index contributed by atoms with van der Waals surface area (Å²) in [4.78, 5) is 25.5. The first-order chi connectivity index (χ1) is 14.6. The van der Waals surface area contributed by atoms with Crippen LogP contribution in [0.1, 0.15) is 20.3 Å². The lowest BCUT2D eigenvalue weighted by Gasteiger charge is -2.35. The van der Waals surface area contributed by atoms with Crippen LogP contribution in [0.4, 0.5) is 5.95 Å². The average molecular weight is 408 g/mol. The van der Waals surface area contributed by atoms with Gasteiger partial charge in [0.05, 0.1) is 5.69 Å². The molecule has 1 aromatic carbocycles. The van der Waals surface area contributed by atoms with Gasteiger partial charge in [0, 0.05) is 43.9 Å². The van der Waals surface area contributed by atoms with Crippen molar-refractivity contribution in [3.05, 3.63) is 30.5 Å². The summed E-state index contributed by atoms with van der Waals surface area (Å²) in [5.74, 6) is 2.93. The van der Waals surface area contributed by atoms with Gasteiger partial charge in [0.1, 0.15) is 0 Å². The molecular formula is C21H24N6O3. The number of carbonyl (C=O) groups excluding carboxylic acids is 1. The summed E-state index contributed by atoms with van der Waals surface area (Å²) < 4.78 is 12.7. The molecule has 0 aliphatic carbocycles. The Morgan fingerprint density at radius 2 is 1.93 bits per heavy atom. The van der Waals surface area contributed by atoms with Crippen molar-refractivity contribution in [2.45, 2.75) is 20.3 Å². The molecule has 2 aliphatic rings. The molecule has 1 amide bonds. The van der Waals surface area contributed by atoms with Gasteiger partial charge in [0.25, 0.3) is 5.78 Å². The van der Waals surface area contributed by atoms with E-state index in [2.05, 4.69) is 14.9 Å². The van der Waals surface area contributed by atoms with Gasteiger partial charge in [-0.3, -0.25) is 4.79 Å². The minimum absolute atomic E-state index is 0.0679. The van der Waals surface area contributed by atoms with E-state index in [1.807, 2.05) is 43.0 Å². The number of anilines is 1. The number of hydrogen-bond donors (Lipinski definition) is 0. The summed E-state index contributed by atoms with van der Waals surface area (Å²) in [6.45, 7) is 7.05. The maximum absolute atomic E-state index is 12.4. The Morgan fingerprint density at radius 1 is 1.13 bits per heavy atom. The Labute approximate surface area is 174 Å². The van der Waals surface area contributed by atoms with E-state index in [4.69, 9.17) is 14.6 Å². The second kappa shape index (κ2) is 7.47. The van der Waals surface area contributed by atoms with E-state index in [-0.39, 0.29) is 18.6 Å². The van der Waals surface area contributed by atoms with E-state index >= 15 is 0 Å². The molecule has 2 aromatic heterocycles. The molecule has 0 unspecified atom stereocenters. The van der Waals surface area contributed by atoms with Gasteiger partial charge in [-0.25, -0.2) is 4.98 Å². The van der Waals surface area contributed by atoms with Crippen LogP contribution in [-0.4, -0.2) is 63.4 Å². The highest BCUT2D eigenvalue weighted by Crippen LogP contribution is 2.35. The van der Waals surface area contributed by atoms with Gasteiger partial charge in [-0.15, -0.1) is 5.10 Å². The van der Waals surface area contributed by atoms with E-state index in [9.17, 15) is 4.79 Å². The van der Waals surface area contributed by atoms with Crippen molar-refractivity contribution in [1.29, 1.82) is 0 Å². The van der Waals surface area contributed by atoms with Gasteiger partial charge in [-0.1, -0.05) is 13.8 Å². The predicted octanol–water partition coefficient (Wildman–Crippen LogP) is 2.21. The maximum atomic E-state index is 12.4. The first-order valence-corrected chi connectivity index (χ1v) is 10.3. The fourth-order valence-corrected chi connectivity index (χ4v) is 3.81. The second-order valence-electron chi connectivity index (χ2n) is 7.64. The second-order valence-corrected chi connectivity index (χ2v) is 7.64. The molecule has 4 heterocycles. The van der Waals surface area contributed by atoms with Crippen molar-refractivity contribution >= 4 is 17.6 Å². The van der Waals surface area contributed by atoms with Gasteiger partial charge in [-0.2, -0.15) is 9.50 Å². The van der Waals surface area contributed by atoms with E-state index in [1.165, 1.54) is 0 Å². The third kappa shape index (κ3) is 3.20. The highest BCUT2D eigenvalue weighted by molar-refractivity contribution is 5.78. The highest BCUT2D eigenvalue weighted by atomic mass is 16.7. The molecule has 0 radical (unpaired) electrons. The maximum Gasteiger partial charge on any atom is 0.254 e. The number of amides is 1. The SMILES string of the molecule is CC[C@@H](C)C(=O)N1CCN(c2nc3nccc(-c4ccc5c(c4)OCO5)n3n2)CC1. The molecular weight excluding hydrogens is 384 g/mol. The van der Waals surface area contributed by atoms with Crippen molar-refractivity contribution in [2.75, 3.05) is 37.9 Å². The fraction of sp³-hybridized carbons (Fsp3) is 0.429. The number of fused-ring (bicyclic) bond motifs is 2. The van der Waals surface area contributed by atoms with Crippen molar-refractivity contribution < 1.29 is 14.3 Å². The monoisotopic (exact) mass is 408 g/mol. The minimum Gasteiger partial charge on any atom is -0.454 e. The van der Waals surface area contributed by atoms with Crippen LogP contribution in [0.25, 0.3) is 17.0 Å². The van der Waals surface area contributed by atoms with Crippen LogP contribution in [0.3, 0.4) is 0 Å². The third-order valence-electron chi connectivity index (χ3n) is 5.81. The molecule has 1 fully saturated rings. The topological polar surface area (TPSA) is 85.1 Å². The standard InChI is InChI=1S/C21H24N6O3/c1-3-14(2)19(28)25-8-10-26(11-9-25)21-23-20-22-7-6-16(27(20)24-21)15-4-5-17-18(12-15)30-13-29-17/h4-7,12,14H,3,8-11,13H2,1-2H3/t14-/m1/s1. The molecule has 0 spiro atoms. The minimum atomic E-state index is 0.0679. The average Bonchev–Trinajstić information content (AvgIpc) is 3.44. The molecule has 1 atom stereocenters. The Balaban J connectivity index is 1.39. The van der Waals surface area contributed by atoms with E-state index in [1.54, 1.807) is 10.7 Å². The molecule has 0 saturated carbocycles. The number of rotatable bonds is 4. The Bertz CT molecular complexity index is 1090. The van der Waals surface area contributed by atoms with Crippen molar-refractivity contribution in [2.24, 2.45) is 5.92 Å². The lowest BCUT2D eigenvalue weighted by Crippen LogP contribution is -2.50. The van der Waals surface area contributed by atoms with Gasteiger partial charge >= 0.3 is 0 Å². The molecule has 3 aromatic rings. The zero-order valence-corrected chi connectivity index (χ0v) is 17.1. The molecule has 0 N–H and O–H groups in total. The van der Waals surface area contributed by atoms with E-state index in [0.717, 1.165) is 29.2 Å². The highest BCUT2D eigenvalue weighted by Gasteiger charge is 2.26. The largest absolute Gasteiger partial charge is 0.454 e. The summed E-state index contributed by atoms with van der Waals surface area (Å²) in [6, 6.07) is 7.72. The zero-order valence-electron chi connectivity index (χ0n) is 17.1. The quantitative estimate of drug-likeness (QED) is 0.654. The normalized spacial score (nSPS) is 16.9. The number of ether oxygens (including phenoxy) is 2. The molecule has 5 rings (SSSR count). The van der Waals surface area contributed by atoms with Crippen LogP contribution in [-0.2, 0) is 4.79 Å². The zero-order chi connectivity index (χ0) is 20.7. The van der Waals surface area contributed by atoms with E-state index < -0.39 is 0 Å². The number of benzene rings is 1. The predicted molar refractivity (Wildman–Crippen MR) is 111 cm³/mol. The van der Waals surface area contributed by atoms with Crippen LogP contribution in [0.15, 0.2) is 30.5 Å². The molecule has 1 saturated heterocycles. The lowest BCUT2D eigenvalue weighted by atomic mass is 10.1. The van der Waals surface area contributed by atoms with Crippen molar-refractivity contribution in [3.63, 3.8) is 0 Å². The first-order valence-electron chi connectivity index (χ1n) is 10.3. The van der Waals surface area contributed by atoms with Crippen molar-refractivity contribution in [3.8, 4) is 22.8 Å². The summed E-state index contributed by atoms with van der Waals surface area (Å²) in [5.41, 5.74) is 1.83. The van der Waals surface area contributed by atoms with Crippen LogP contribution in [0.2, 0.25) is 0 Å². The number of hydrogen-bond acceptors (Lipinski definition) is 7. The molecule has 0 bridgehead atoms. The summed E-state index contributed by atoms with van der Waals surface area (Å²) in [5, 5.41) is 4.72. The smallest absolute Gasteiger partial charge is 0.254 e. The molecule has 9 nitrogen and oxygen atoms in total. The Kier molecular flexibility index (Phi) is 4.65. The van der Waals surface area contributed by atoms with Crippen LogP contribution in [0, 0.1) is 5.92 Å². The van der Waals surface area contributed by atoms with Crippen LogP contribution >= 0.6 is 0 Å². The van der Waals surface area contributed by atoms with Crippen LogP contribution in [0.5, 0.6) is 11.5 Å². The Hall–Kier alpha value is -3.36. The Morgan fingerprint density at radius 3 is 2.73 bits per heavy atom. The summed E-state index contributed by atoms with van der Waals surface area (Å²) >= 11 is 0. The molecule has 2 aliphatic heterocycles. The first kappa shape index (κ1) is 18.7. The molecule has 30 heavy (non-hydrogen) atoms. The van der Waals surface area contributed by atoms with Crippen molar-refractivity contribution in [1.82, 2.24) is 24.5 Å². The van der Waals surface area contributed by atoms with Gasteiger partial charge in [-0.05, 0) is 30.7 Å². The van der Waals surface area contributed by atoms with Crippen LogP contribution < -0.4 is 14.4 Å². The van der Waals surface area contributed by atoms with Gasteiger partial charge < -0.3 is 19.3 Å². The number of aromatic nitrogens is 4. The van der Waals surface area contributed by atoms with Gasteiger partial charge in [0.2, 0.25) is 18.6 Å². The van der Waals surface area contributed by atoms with Gasteiger partial charge in [0.15, 0.2) is 11.5 Å². The molecule has 156 valence electrons. The third-order valence-corrected chi connectivity index (χ3v) is 5.81. The summed E-state index contributed by atoms with van der Waals surface area (Å²) in [7, 11) is 0. The number of piperazine rings is 1. The molecule has 9 heteroatoms. The number of nitrogens with zero attached hydrogens (tertiary/aromatic N) is 6.